The molecule has 11 heteroatoms. The summed E-state index contributed by atoms with van der Waals surface area (Å²) in [6.07, 6.45) is -9.66. The van der Waals surface area contributed by atoms with E-state index in [0.717, 1.165) is 18.3 Å². The van der Waals surface area contributed by atoms with Gasteiger partial charge < -0.3 is 10.1 Å². The summed E-state index contributed by atoms with van der Waals surface area (Å²) in [7, 11) is 0. The maximum Gasteiger partial charge on any atom is 0.433 e. The Labute approximate surface area is 184 Å². The monoisotopic (exact) mass is 477 g/mol. The summed E-state index contributed by atoms with van der Waals surface area (Å²) < 4.78 is 93.9. The van der Waals surface area contributed by atoms with Crippen LogP contribution in [0.1, 0.15) is 42.8 Å². The number of H-pyrrole nitrogens is 1. The van der Waals surface area contributed by atoms with Gasteiger partial charge in [-0.05, 0) is 47.7 Å². The summed E-state index contributed by atoms with van der Waals surface area (Å²) in [5.41, 5.74) is -4.58. The second kappa shape index (κ2) is 8.28. The Hall–Kier alpha value is -2.66. The van der Waals surface area contributed by atoms with Crippen molar-refractivity contribution in [2.24, 2.45) is 0 Å². The molecular weight excluding hydrogens is 455 g/mol. The second-order valence-electron chi connectivity index (χ2n) is 8.68. The fourth-order valence-corrected chi connectivity index (χ4v) is 3.90. The van der Waals surface area contributed by atoms with Crippen molar-refractivity contribution in [3.63, 3.8) is 0 Å². The fourth-order valence-electron chi connectivity index (χ4n) is 3.90. The van der Waals surface area contributed by atoms with Crippen molar-refractivity contribution in [2.45, 2.75) is 57.2 Å². The number of rotatable bonds is 6. The van der Waals surface area contributed by atoms with E-state index < -0.39 is 48.0 Å². The van der Waals surface area contributed by atoms with E-state index in [0.29, 0.717) is 11.1 Å². The topological polar surface area (TPSA) is 60.9 Å². The molecular formula is C22H22F7N3O. The minimum absolute atomic E-state index is 0.111. The van der Waals surface area contributed by atoms with Gasteiger partial charge in [0.05, 0.1) is 11.7 Å². The summed E-state index contributed by atoms with van der Waals surface area (Å²) >= 11 is 0. The van der Waals surface area contributed by atoms with Crippen molar-refractivity contribution in [1.82, 2.24) is 15.3 Å². The molecule has 1 atom stereocenters. The van der Waals surface area contributed by atoms with Gasteiger partial charge >= 0.3 is 12.4 Å². The van der Waals surface area contributed by atoms with Crippen molar-refractivity contribution in [3.8, 4) is 0 Å². The number of aryl methyl sites for hydroxylation is 1. The van der Waals surface area contributed by atoms with Crippen LogP contribution in [0.25, 0.3) is 10.9 Å². The average Bonchev–Trinajstić information content (AvgIpc) is 3.08. The molecule has 3 rings (SSSR count). The van der Waals surface area contributed by atoms with Gasteiger partial charge in [-0.2, -0.15) is 26.3 Å². The first-order valence-electron chi connectivity index (χ1n) is 9.87. The molecule has 2 heterocycles. The van der Waals surface area contributed by atoms with Gasteiger partial charge in [-0.25, -0.2) is 9.37 Å². The van der Waals surface area contributed by atoms with Crippen LogP contribution in [-0.4, -0.2) is 27.0 Å². The first-order chi connectivity index (χ1) is 15.0. The Morgan fingerprint density at radius 1 is 1.03 bits per heavy atom. The Kier molecular flexibility index (Phi) is 6.27. The molecule has 0 saturated carbocycles. The average molecular weight is 477 g/mol. The van der Waals surface area contributed by atoms with Gasteiger partial charge in [0, 0.05) is 24.0 Å². The molecule has 0 bridgehead atoms. The van der Waals surface area contributed by atoms with Crippen LogP contribution >= 0.6 is 0 Å². The van der Waals surface area contributed by atoms with Crippen LogP contribution in [0.4, 0.5) is 30.7 Å². The molecule has 0 amide bonds. The molecule has 0 spiro atoms. The van der Waals surface area contributed by atoms with Gasteiger partial charge in [0.15, 0.2) is 0 Å². The van der Waals surface area contributed by atoms with Crippen LogP contribution in [0.15, 0.2) is 36.5 Å². The number of aromatic amines is 1. The van der Waals surface area contributed by atoms with Crippen molar-refractivity contribution in [3.05, 3.63) is 64.9 Å². The molecule has 1 unspecified atom stereocenters. The predicted molar refractivity (Wildman–Crippen MR) is 108 cm³/mol. The number of pyridine rings is 1. The molecule has 4 nitrogen and oxygen atoms in total. The molecule has 0 aliphatic carbocycles. The third-order valence-electron chi connectivity index (χ3n) is 5.52. The number of nitrogens with one attached hydrogen (secondary N) is 2. The van der Waals surface area contributed by atoms with Crippen LogP contribution < -0.4 is 5.32 Å². The number of aliphatic hydroxyl groups is 1. The third-order valence-corrected chi connectivity index (χ3v) is 5.52. The van der Waals surface area contributed by atoms with Crippen LogP contribution in [0.3, 0.4) is 0 Å². The largest absolute Gasteiger partial charge is 0.433 e. The molecule has 3 N–H and O–H groups in total. The quantitative estimate of drug-likeness (QED) is 0.314. The van der Waals surface area contributed by atoms with Crippen molar-refractivity contribution >= 4 is 10.9 Å². The fraction of sp³-hybridized carbons (Fsp3) is 0.409. The lowest BCUT2D eigenvalue weighted by atomic mass is 9.75. The SMILES string of the molecule is Cc1ccc(F)cc1C(C)(C)CC(O)(NCc1cc2cc(C(F)(F)F)ncc2[nH]1)C(F)(F)F. The van der Waals surface area contributed by atoms with Crippen LogP contribution in [0, 0.1) is 12.7 Å². The molecule has 0 aliphatic heterocycles. The molecule has 180 valence electrons. The lowest BCUT2D eigenvalue weighted by Crippen LogP contribution is -2.59. The number of fused-ring (bicyclic) bond motifs is 1. The Morgan fingerprint density at radius 2 is 1.70 bits per heavy atom. The second-order valence-corrected chi connectivity index (χ2v) is 8.68. The Bertz CT molecular complexity index is 1150. The third kappa shape index (κ3) is 5.30. The van der Waals surface area contributed by atoms with E-state index in [1.807, 2.05) is 0 Å². The minimum Gasteiger partial charge on any atom is -0.368 e. The zero-order chi connectivity index (χ0) is 24.8. The van der Waals surface area contributed by atoms with Gasteiger partial charge in [0.1, 0.15) is 11.5 Å². The van der Waals surface area contributed by atoms with Gasteiger partial charge in [-0.1, -0.05) is 19.9 Å². The molecule has 2 aromatic heterocycles. The zero-order valence-electron chi connectivity index (χ0n) is 17.9. The minimum atomic E-state index is -5.09. The molecule has 1 aromatic carbocycles. The molecule has 0 radical (unpaired) electrons. The number of hydrogen-bond donors (Lipinski definition) is 3. The molecule has 33 heavy (non-hydrogen) atoms. The smallest absolute Gasteiger partial charge is 0.368 e. The highest BCUT2D eigenvalue weighted by atomic mass is 19.4. The number of nitrogens with zero attached hydrogens (tertiary/aromatic N) is 1. The van der Waals surface area contributed by atoms with Crippen molar-refractivity contribution < 1.29 is 35.8 Å². The van der Waals surface area contributed by atoms with Crippen LogP contribution in [0.2, 0.25) is 0 Å². The van der Waals surface area contributed by atoms with Crippen LogP contribution in [0.5, 0.6) is 0 Å². The maximum atomic E-state index is 13.9. The van der Waals surface area contributed by atoms with Gasteiger partial charge in [0.25, 0.3) is 0 Å². The molecule has 0 fully saturated rings. The number of hydrogen-bond acceptors (Lipinski definition) is 3. The van der Waals surface area contributed by atoms with E-state index in [1.54, 1.807) is 6.92 Å². The summed E-state index contributed by atoms with van der Waals surface area (Å²) in [5, 5.41) is 12.8. The highest BCUT2D eigenvalue weighted by Gasteiger charge is 2.56. The van der Waals surface area contributed by atoms with Crippen molar-refractivity contribution in [1.29, 1.82) is 0 Å². The van der Waals surface area contributed by atoms with E-state index >= 15 is 0 Å². The first-order valence-corrected chi connectivity index (χ1v) is 9.87. The zero-order valence-corrected chi connectivity index (χ0v) is 17.9. The van der Waals surface area contributed by atoms with Gasteiger partial charge in [-0.15, -0.1) is 0 Å². The van der Waals surface area contributed by atoms with Gasteiger partial charge in [0.2, 0.25) is 5.72 Å². The molecule has 0 aliphatic rings. The number of aromatic nitrogens is 2. The first kappa shape index (κ1) is 25.0. The van der Waals surface area contributed by atoms with E-state index in [2.05, 4.69) is 15.3 Å². The van der Waals surface area contributed by atoms with E-state index in [9.17, 15) is 35.8 Å². The predicted octanol–water partition coefficient (Wildman–Crippen LogP) is 5.74. The van der Waals surface area contributed by atoms with Crippen LogP contribution in [-0.2, 0) is 18.1 Å². The highest BCUT2D eigenvalue weighted by molar-refractivity contribution is 5.80. The number of benzene rings is 1. The standard InChI is InChI=1S/C22H22F7N3O/c1-12-4-5-14(23)8-16(12)19(2,3)11-20(33,22(27,28)29)31-9-15-6-13-7-18(21(24,25)26)30-10-17(13)32-15/h4-8,10,31-33H,9,11H2,1-3H3. The summed E-state index contributed by atoms with van der Waals surface area (Å²) in [6, 6.07) is 5.80. The number of alkyl halides is 6. The van der Waals surface area contributed by atoms with Crippen molar-refractivity contribution in [2.75, 3.05) is 0 Å². The normalized spacial score (nSPS) is 15.1. The molecule has 0 saturated heterocycles. The lowest BCUT2D eigenvalue weighted by Gasteiger charge is -2.39. The lowest BCUT2D eigenvalue weighted by molar-refractivity contribution is -0.280. The van der Waals surface area contributed by atoms with E-state index in [-0.39, 0.29) is 16.6 Å². The summed E-state index contributed by atoms with van der Waals surface area (Å²) in [6.45, 7) is 4.02. The maximum absolute atomic E-state index is 13.9. The molecule has 3 aromatic rings. The Balaban J connectivity index is 1.87. The number of halogens is 7. The highest BCUT2D eigenvalue weighted by Crippen LogP contribution is 2.41. The van der Waals surface area contributed by atoms with Gasteiger partial charge in [-0.3, -0.25) is 5.32 Å². The summed E-state index contributed by atoms with van der Waals surface area (Å²) in [4.78, 5) is 5.99. The van der Waals surface area contributed by atoms with E-state index in [4.69, 9.17) is 0 Å². The van der Waals surface area contributed by atoms with E-state index in [1.165, 1.54) is 32.0 Å². The summed E-state index contributed by atoms with van der Waals surface area (Å²) in [5.74, 6) is -0.614. The Morgan fingerprint density at radius 3 is 2.30 bits per heavy atom.